The summed E-state index contributed by atoms with van der Waals surface area (Å²) in [5.41, 5.74) is 3.88. The van der Waals surface area contributed by atoms with Gasteiger partial charge >= 0.3 is 0 Å². The molecular formula is C20H21N3O. The van der Waals surface area contributed by atoms with E-state index < -0.39 is 0 Å². The summed E-state index contributed by atoms with van der Waals surface area (Å²) in [6.07, 6.45) is 3.63. The number of benzene rings is 2. The Balaban J connectivity index is 1.96. The highest BCUT2D eigenvalue weighted by molar-refractivity contribution is 5.94. The van der Waals surface area contributed by atoms with E-state index in [9.17, 15) is 4.79 Å². The number of hydrogen-bond donors (Lipinski definition) is 1. The van der Waals surface area contributed by atoms with Crippen LogP contribution in [0.5, 0.6) is 0 Å². The Hall–Kier alpha value is -2.88. The second-order valence-corrected chi connectivity index (χ2v) is 6.09. The van der Waals surface area contributed by atoms with Gasteiger partial charge in [-0.1, -0.05) is 47.5 Å². The predicted octanol–water partition coefficient (Wildman–Crippen LogP) is 3.56. The summed E-state index contributed by atoms with van der Waals surface area (Å²) < 4.78 is 1.93. The molecule has 0 bridgehead atoms. The lowest BCUT2D eigenvalue weighted by atomic mass is 10.0. The van der Waals surface area contributed by atoms with Crippen LogP contribution >= 0.6 is 0 Å². The third-order valence-corrected chi connectivity index (χ3v) is 4.05. The van der Waals surface area contributed by atoms with Gasteiger partial charge in [0.05, 0.1) is 0 Å². The maximum absolute atomic E-state index is 12.7. The summed E-state index contributed by atoms with van der Waals surface area (Å²) in [5, 5.41) is 3.12. The molecule has 24 heavy (non-hydrogen) atoms. The van der Waals surface area contributed by atoms with E-state index in [1.165, 1.54) is 0 Å². The molecule has 4 heteroatoms. The van der Waals surface area contributed by atoms with Crippen molar-refractivity contribution in [1.82, 2.24) is 14.9 Å². The van der Waals surface area contributed by atoms with Crippen LogP contribution in [0.4, 0.5) is 0 Å². The van der Waals surface area contributed by atoms with Gasteiger partial charge in [0.2, 0.25) is 0 Å². The van der Waals surface area contributed by atoms with Gasteiger partial charge in [0, 0.05) is 25.0 Å². The first-order valence-electron chi connectivity index (χ1n) is 7.96. The van der Waals surface area contributed by atoms with Gasteiger partial charge in [0.1, 0.15) is 11.9 Å². The summed E-state index contributed by atoms with van der Waals surface area (Å²) in [4.78, 5) is 17.2. The van der Waals surface area contributed by atoms with Crippen LogP contribution in [0.2, 0.25) is 0 Å². The highest BCUT2D eigenvalue weighted by atomic mass is 16.1. The molecule has 1 atom stereocenters. The highest BCUT2D eigenvalue weighted by Crippen LogP contribution is 2.22. The minimum atomic E-state index is -0.294. The molecule has 1 aromatic heterocycles. The van der Waals surface area contributed by atoms with Crippen molar-refractivity contribution in [3.8, 4) is 0 Å². The molecule has 0 aliphatic heterocycles. The Morgan fingerprint density at radius 3 is 2.42 bits per heavy atom. The standard InChI is InChI=1S/C20H21N3O/c1-14-6-4-8-16(12-14)18(19-21-10-11-23(19)3)22-20(24)17-9-5-7-15(2)13-17/h4-13,18H,1-3H3,(H,22,24). The van der Waals surface area contributed by atoms with Gasteiger partial charge in [0.25, 0.3) is 5.91 Å². The minimum Gasteiger partial charge on any atom is -0.338 e. The van der Waals surface area contributed by atoms with Crippen molar-refractivity contribution >= 4 is 5.91 Å². The van der Waals surface area contributed by atoms with Gasteiger partial charge in [-0.15, -0.1) is 0 Å². The van der Waals surface area contributed by atoms with Crippen molar-refractivity contribution in [3.63, 3.8) is 0 Å². The first kappa shape index (κ1) is 16.0. The molecule has 4 nitrogen and oxygen atoms in total. The van der Waals surface area contributed by atoms with Gasteiger partial charge in [-0.05, 0) is 31.5 Å². The molecule has 0 saturated carbocycles. The Morgan fingerprint density at radius 1 is 1.08 bits per heavy atom. The van der Waals surface area contributed by atoms with Crippen LogP contribution in [0.3, 0.4) is 0 Å². The zero-order valence-corrected chi connectivity index (χ0v) is 14.2. The molecule has 3 aromatic rings. The summed E-state index contributed by atoms with van der Waals surface area (Å²) in [6.45, 7) is 4.02. The SMILES string of the molecule is Cc1cccc(C(=O)NC(c2cccc(C)c2)c2nccn2C)c1. The number of carbonyl (C=O) groups is 1. The fourth-order valence-electron chi connectivity index (χ4n) is 2.80. The van der Waals surface area contributed by atoms with E-state index in [4.69, 9.17) is 0 Å². The normalized spacial score (nSPS) is 12.0. The van der Waals surface area contributed by atoms with Crippen LogP contribution in [-0.4, -0.2) is 15.5 Å². The van der Waals surface area contributed by atoms with E-state index in [0.29, 0.717) is 5.56 Å². The van der Waals surface area contributed by atoms with Gasteiger partial charge in [-0.3, -0.25) is 4.79 Å². The molecule has 1 N–H and O–H groups in total. The second-order valence-electron chi connectivity index (χ2n) is 6.09. The van der Waals surface area contributed by atoms with Crippen LogP contribution in [0.25, 0.3) is 0 Å². The van der Waals surface area contributed by atoms with E-state index in [1.807, 2.05) is 74.1 Å². The van der Waals surface area contributed by atoms with Crippen molar-refractivity contribution in [2.24, 2.45) is 7.05 Å². The Bertz CT molecular complexity index is 867. The molecule has 122 valence electrons. The molecule has 1 heterocycles. The summed E-state index contributed by atoms with van der Waals surface area (Å²) in [6, 6.07) is 15.4. The van der Waals surface area contributed by atoms with Crippen molar-refractivity contribution in [2.45, 2.75) is 19.9 Å². The maximum atomic E-state index is 12.7. The molecule has 0 radical (unpaired) electrons. The molecule has 1 amide bonds. The Morgan fingerprint density at radius 2 is 1.79 bits per heavy atom. The fourth-order valence-corrected chi connectivity index (χ4v) is 2.80. The molecule has 3 rings (SSSR count). The van der Waals surface area contributed by atoms with Gasteiger partial charge < -0.3 is 9.88 Å². The number of amides is 1. The molecule has 0 aliphatic rings. The number of rotatable bonds is 4. The van der Waals surface area contributed by atoms with E-state index in [0.717, 1.165) is 22.5 Å². The first-order chi connectivity index (χ1) is 11.5. The van der Waals surface area contributed by atoms with Gasteiger partial charge in [-0.25, -0.2) is 4.98 Å². The van der Waals surface area contributed by atoms with Crippen LogP contribution < -0.4 is 5.32 Å². The van der Waals surface area contributed by atoms with E-state index >= 15 is 0 Å². The van der Waals surface area contributed by atoms with Gasteiger partial charge in [0.15, 0.2) is 0 Å². The fraction of sp³-hybridized carbons (Fsp3) is 0.200. The lowest BCUT2D eigenvalue weighted by Gasteiger charge is -2.20. The molecule has 0 aliphatic carbocycles. The molecule has 0 spiro atoms. The Labute approximate surface area is 142 Å². The number of imidazole rings is 1. The summed E-state index contributed by atoms with van der Waals surface area (Å²) in [7, 11) is 1.93. The monoisotopic (exact) mass is 319 g/mol. The predicted molar refractivity (Wildman–Crippen MR) is 94.9 cm³/mol. The average molecular weight is 319 g/mol. The quantitative estimate of drug-likeness (QED) is 0.799. The zero-order valence-electron chi connectivity index (χ0n) is 14.2. The van der Waals surface area contributed by atoms with E-state index in [1.54, 1.807) is 6.20 Å². The average Bonchev–Trinajstić information content (AvgIpc) is 2.98. The number of nitrogens with zero attached hydrogens (tertiary/aromatic N) is 2. The largest absolute Gasteiger partial charge is 0.338 e. The number of carbonyl (C=O) groups excluding carboxylic acids is 1. The minimum absolute atomic E-state index is 0.104. The topological polar surface area (TPSA) is 46.9 Å². The highest BCUT2D eigenvalue weighted by Gasteiger charge is 2.21. The van der Waals surface area contributed by atoms with Crippen molar-refractivity contribution in [2.75, 3.05) is 0 Å². The van der Waals surface area contributed by atoms with Crippen LogP contribution in [0, 0.1) is 13.8 Å². The molecule has 0 fully saturated rings. The smallest absolute Gasteiger partial charge is 0.252 e. The maximum Gasteiger partial charge on any atom is 0.252 e. The Kier molecular flexibility index (Phi) is 4.47. The van der Waals surface area contributed by atoms with E-state index in [2.05, 4.69) is 16.4 Å². The number of nitrogens with one attached hydrogen (secondary N) is 1. The molecular weight excluding hydrogens is 298 g/mol. The van der Waals surface area contributed by atoms with Crippen molar-refractivity contribution in [1.29, 1.82) is 0 Å². The molecule has 0 saturated heterocycles. The summed E-state index contributed by atoms with van der Waals surface area (Å²) in [5.74, 6) is 0.704. The lowest BCUT2D eigenvalue weighted by molar-refractivity contribution is 0.0941. The van der Waals surface area contributed by atoms with Gasteiger partial charge in [-0.2, -0.15) is 0 Å². The molecule has 1 unspecified atom stereocenters. The first-order valence-corrected chi connectivity index (χ1v) is 7.96. The number of aryl methyl sites for hydroxylation is 3. The van der Waals surface area contributed by atoms with Crippen molar-refractivity contribution < 1.29 is 4.79 Å². The van der Waals surface area contributed by atoms with Crippen LogP contribution in [0.15, 0.2) is 60.9 Å². The van der Waals surface area contributed by atoms with Crippen LogP contribution in [-0.2, 0) is 7.05 Å². The third-order valence-electron chi connectivity index (χ3n) is 4.05. The lowest BCUT2D eigenvalue weighted by Crippen LogP contribution is -2.31. The van der Waals surface area contributed by atoms with Crippen LogP contribution in [0.1, 0.15) is 38.9 Å². The van der Waals surface area contributed by atoms with Crippen molar-refractivity contribution in [3.05, 3.63) is 89.0 Å². The number of aromatic nitrogens is 2. The number of hydrogen-bond acceptors (Lipinski definition) is 2. The van der Waals surface area contributed by atoms with E-state index in [-0.39, 0.29) is 11.9 Å². The zero-order chi connectivity index (χ0) is 17.1. The molecule has 2 aromatic carbocycles. The second kappa shape index (κ2) is 6.71. The third kappa shape index (κ3) is 3.38. The summed E-state index contributed by atoms with van der Waals surface area (Å²) >= 11 is 0.